The SMILES string of the molecule is O=C(O)N(c1ccc(O)cc1)[C@@H]1O[C@@H](n2ccc(NO)nc2=O)[C@H](O)[C@@H]1O. The van der Waals surface area contributed by atoms with Gasteiger partial charge in [-0.3, -0.25) is 15.3 Å². The zero-order valence-electron chi connectivity index (χ0n) is 13.6. The summed E-state index contributed by atoms with van der Waals surface area (Å²) >= 11 is 0. The number of nitrogens with zero attached hydrogens (tertiary/aromatic N) is 3. The number of nitrogens with one attached hydrogen (secondary N) is 1. The number of hydrogen-bond acceptors (Lipinski definition) is 9. The molecule has 1 aliphatic heterocycles. The van der Waals surface area contributed by atoms with Gasteiger partial charge in [0, 0.05) is 6.20 Å². The first-order chi connectivity index (χ1) is 12.8. The number of carbonyl (C=O) groups is 1. The molecule has 6 N–H and O–H groups in total. The monoisotopic (exact) mass is 380 g/mol. The molecular weight excluding hydrogens is 364 g/mol. The van der Waals surface area contributed by atoms with Crippen LogP contribution in [0.2, 0.25) is 0 Å². The van der Waals surface area contributed by atoms with Crippen molar-refractivity contribution in [2.24, 2.45) is 0 Å². The van der Waals surface area contributed by atoms with Crippen molar-refractivity contribution >= 4 is 17.6 Å². The lowest BCUT2D eigenvalue weighted by Gasteiger charge is -2.27. The third kappa shape index (κ3) is 3.41. The predicted octanol–water partition coefficient (Wildman–Crippen LogP) is -0.489. The van der Waals surface area contributed by atoms with Crippen molar-refractivity contribution in [3.63, 3.8) is 0 Å². The average molecular weight is 380 g/mol. The Morgan fingerprint density at radius 3 is 2.41 bits per heavy atom. The number of benzene rings is 1. The summed E-state index contributed by atoms with van der Waals surface area (Å²) in [6.45, 7) is 0. The molecule has 1 aliphatic rings. The van der Waals surface area contributed by atoms with Gasteiger partial charge in [-0.15, -0.1) is 0 Å². The Balaban J connectivity index is 1.94. The first-order valence-corrected chi connectivity index (χ1v) is 7.65. The van der Waals surface area contributed by atoms with Crippen LogP contribution in [0.15, 0.2) is 41.3 Å². The molecule has 4 atom stereocenters. The number of ether oxygens (including phenoxy) is 1. The van der Waals surface area contributed by atoms with Crippen LogP contribution in [0, 0.1) is 0 Å². The Hall–Kier alpha value is -3.19. The summed E-state index contributed by atoms with van der Waals surface area (Å²) in [5.41, 5.74) is 0.857. The largest absolute Gasteiger partial charge is 0.508 e. The van der Waals surface area contributed by atoms with Crippen molar-refractivity contribution in [2.75, 3.05) is 10.4 Å². The molecule has 1 aromatic carbocycles. The fraction of sp³-hybridized carbons (Fsp3) is 0.267. The quantitative estimate of drug-likeness (QED) is 0.379. The van der Waals surface area contributed by atoms with E-state index in [2.05, 4.69) is 4.98 Å². The second kappa shape index (κ2) is 7.20. The van der Waals surface area contributed by atoms with Crippen LogP contribution in [-0.4, -0.2) is 59.7 Å². The van der Waals surface area contributed by atoms with Gasteiger partial charge in [0.15, 0.2) is 18.3 Å². The van der Waals surface area contributed by atoms with Crippen molar-refractivity contribution in [1.29, 1.82) is 0 Å². The second-order valence-electron chi connectivity index (χ2n) is 5.68. The molecule has 0 unspecified atom stereocenters. The lowest BCUT2D eigenvalue weighted by molar-refractivity contribution is -0.0391. The highest BCUT2D eigenvalue weighted by Crippen LogP contribution is 2.33. The number of aromatic nitrogens is 2. The third-order valence-electron chi connectivity index (χ3n) is 4.02. The number of carboxylic acid groups (broad SMARTS) is 1. The fourth-order valence-electron chi connectivity index (χ4n) is 2.73. The molecule has 2 heterocycles. The Labute approximate surface area is 151 Å². The number of aliphatic hydroxyl groups excluding tert-OH is 2. The van der Waals surface area contributed by atoms with Crippen LogP contribution < -0.4 is 16.1 Å². The van der Waals surface area contributed by atoms with E-state index in [4.69, 9.17) is 9.94 Å². The smallest absolute Gasteiger partial charge is 0.414 e. The second-order valence-corrected chi connectivity index (χ2v) is 5.68. The molecular formula is C15H16N4O8. The molecule has 0 bridgehead atoms. The summed E-state index contributed by atoms with van der Waals surface area (Å²) < 4.78 is 6.31. The van der Waals surface area contributed by atoms with E-state index in [1.165, 1.54) is 30.3 Å². The van der Waals surface area contributed by atoms with E-state index in [-0.39, 0.29) is 17.3 Å². The van der Waals surface area contributed by atoms with Crippen molar-refractivity contribution in [1.82, 2.24) is 9.55 Å². The highest BCUT2D eigenvalue weighted by Gasteiger charge is 2.48. The van der Waals surface area contributed by atoms with Gasteiger partial charge in [0.05, 0.1) is 5.69 Å². The standard InChI is InChI=1S/C15H16N4O8/c20-8-3-1-7(2-4-8)19(15(24)25)13-11(22)10(21)12(27-13)18-6-5-9(17-26)16-14(18)23/h1-6,10-13,20-22,26H,(H,24,25)(H,16,17,23)/t10-,11+,12-,13-/m1/s1. The van der Waals surface area contributed by atoms with Gasteiger partial charge in [-0.05, 0) is 30.3 Å². The fourth-order valence-corrected chi connectivity index (χ4v) is 2.73. The van der Waals surface area contributed by atoms with Crippen LogP contribution in [0.5, 0.6) is 5.75 Å². The molecule has 27 heavy (non-hydrogen) atoms. The van der Waals surface area contributed by atoms with E-state index in [1.807, 2.05) is 0 Å². The Kier molecular flexibility index (Phi) is 4.96. The first kappa shape index (κ1) is 18.6. The van der Waals surface area contributed by atoms with Crippen molar-refractivity contribution in [3.05, 3.63) is 47.0 Å². The number of amides is 1. The molecule has 0 saturated carbocycles. The number of phenols is 1. The van der Waals surface area contributed by atoms with Crippen LogP contribution in [0.3, 0.4) is 0 Å². The molecule has 0 spiro atoms. The van der Waals surface area contributed by atoms with Gasteiger partial charge in [0.2, 0.25) is 0 Å². The third-order valence-corrected chi connectivity index (χ3v) is 4.02. The molecule has 12 nitrogen and oxygen atoms in total. The summed E-state index contributed by atoms with van der Waals surface area (Å²) in [5.74, 6) is -0.234. The molecule has 12 heteroatoms. The zero-order valence-corrected chi connectivity index (χ0v) is 13.6. The molecule has 1 aromatic heterocycles. The number of rotatable bonds is 4. The molecule has 1 fully saturated rings. The molecule has 1 amide bonds. The van der Waals surface area contributed by atoms with E-state index in [0.717, 1.165) is 10.8 Å². The molecule has 2 aromatic rings. The first-order valence-electron chi connectivity index (χ1n) is 7.65. The Morgan fingerprint density at radius 1 is 1.19 bits per heavy atom. The van der Waals surface area contributed by atoms with Crippen LogP contribution in [0.25, 0.3) is 0 Å². The van der Waals surface area contributed by atoms with Gasteiger partial charge in [0.25, 0.3) is 0 Å². The summed E-state index contributed by atoms with van der Waals surface area (Å²) in [4.78, 5) is 27.9. The maximum absolute atomic E-state index is 12.0. The van der Waals surface area contributed by atoms with Crippen molar-refractivity contribution < 1.29 is 35.2 Å². The van der Waals surface area contributed by atoms with E-state index in [0.29, 0.717) is 4.90 Å². The summed E-state index contributed by atoms with van der Waals surface area (Å²) in [6, 6.07) is 6.28. The van der Waals surface area contributed by atoms with Crippen LogP contribution in [-0.2, 0) is 4.74 Å². The maximum Gasteiger partial charge on any atom is 0.414 e. The average Bonchev–Trinajstić information content (AvgIpc) is 2.92. The van der Waals surface area contributed by atoms with Crippen molar-refractivity contribution in [2.45, 2.75) is 24.7 Å². The molecule has 0 radical (unpaired) electrons. The van der Waals surface area contributed by atoms with Crippen LogP contribution in [0.4, 0.5) is 16.3 Å². The summed E-state index contributed by atoms with van der Waals surface area (Å²) in [7, 11) is 0. The molecule has 144 valence electrons. The highest BCUT2D eigenvalue weighted by atomic mass is 16.6. The van der Waals surface area contributed by atoms with Gasteiger partial charge in [0.1, 0.15) is 18.0 Å². The lowest BCUT2D eigenvalue weighted by atomic mass is 10.1. The molecule has 3 rings (SSSR count). The number of aliphatic hydroxyl groups is 2. The Bertz CT molecular complexity index is 886. The molecule has 1 saturated heterocycles. The number of hydrogen-bond donors (Lipinski definition) is 6. The van der Waals surface area contributed by atoms with E-state index in [1.54, 1.807) is 5.48 Å². The van der Waals surface area contributed by atoms with E-state index >= 15 is 0 Å². The number of anilines is 2. The van der Waals surface area contributed by atoms with Crippen LogP contribution >= 0.6 is 0 Å². The van der Waals surface area contributed by atoms with Crippen molar-refractivity contribution in [3.8, 4) is 5.75 Å². The minimum Gasteiger partial charge on any atom is -0.508 e. The van der Waals surface area contributed by atoms with E-state index < -0.39 is 36.4 Å². The van der Waals surface area contributed by atoms with Gasteiger partial charge < -0.3 is 25.2 Å². The van der Waals surface area contributed by atoms with Gasteiger partial charge in [-0.1, -0.05) is 0 Å². The highest BCUT2D eigenvalue weighted by molar-refractivity contribution is 5.86. The number of aromatic hydroxyl groups is 1. The van der Waals surface area contributed by atoms with E-state index in [9.17, 15) is 30.0 Å². The minimum absolute atomic E-state index is 0.0718. The zero-order chi connectivity index (χ0) is 19.7. The topological polar surface area (TPSA) is 178 Å². The van der Waals surface area contributed by atoms with Gasteiger partial charge in [-0.2, -0.15) is 4.98 Å². The minimum atomic E-state index is -1.68. The van der Waals surface area contributed by atoms with Gasteiger partial charge in [-0.25, -0.2) is 14.5 Å². The van der Waals surface area contributed by atoms with Gasteiger partial charge >= 0.3 is 11.8 Å². The number of phenolic OH excluding ortho intramolecular Hbond substituents is 1. The predicted molar refractivity (Wildman–Crippen MR) is 88.4 cm³/mol. The summed E-state index contributed by atoms with van der Waals surface area (Å²) in [5, 5.41) is 48.2. The summed E-state index contributed by atoms with van der Waals surface area (Å²) in [6.07, 6.45) is -6.60. The lowest BCUT2D eigenvalue weighted by Crippen LogP contribution is -2.47. The Morgan fingerprint density at radius 2 is 1.85 bits per heavy atom. The maximum atomic E-state index is 12.0. The van der Waals surface area contributed by atoms with Crippen LogP contribution in [0.1, 0.15) is 6.23 Å². The normalized spacial score (nSPS) is 24.6. The molecule has 0 aliphatic carbocycles.